The van der Waals surface area contributed by atoms with Crippen LogP contribution in [-0.4, -0.2) is 72.3 Å². The fourth-order valence-corrected chi connectivity index (χ4v) is 8.03. The summed E-state index contributed by atoms with van der Waals surface area (Å²) >= 11 is 3.46. The van der Waals surface area contributed by atoms with E-state index in [4.69, 9.17) is 0 Å². The fraction of sp³-hybridized carbons (Fsp3) is 0.500. The summed E-state index contributed by atoms with van der Waals surface area (Å²) in [5.41, 5.74) is 4.60. The van der Waals surface area contributed by atoms with E-state index in [2.05, 4.69) is 46.5 Å². The molecule has 0 N–H and O–H groups in total. The maximum atomic E-state index is 15.2. The predicted molar refractivity (Wildman–Crippen MR) is 191 cm³/mol. The Balaban J connectivity index is 0.000000164. The van der Waals surface area contributed by atoms with Crippen LogP contribution in [0.15, 0.2) is 47.5 Å². The summed E-state index contributed by atoms with van der Waals surface area (Å²) < 4.78 is 91.5. The van der Waals surface area contributed by atoms with Gasteiger partial charge in [0.1, 0.15) is 16.9 Å². The minimum Gasteiger partial charge on any atom is -0.343 e. The number of pyridine rings is 2. The molecule has 6 heterocycles. The summed E-state index contributed by atoms with van der Waals surface area (Å²) in [7, 11) is 3.60. The summed E-state index contributed by atoms with van der Waals surface area (Å²) in [6.07, 6.45) is 4.85. The van der Waals surface area contributed by atoms with Gasteiger partial charge in [-0.25, -0.2) is 35.7 Å². The number of hydrogen-bond donors (Lipinski definition) is 0. The number of nitrogens with zero attached hydrogens (tertiary/aromatic N) is 10. The molecule has 10 nitrogen and oxygen atoms in total. The normalized spacial score (nSPS) is 19.0. The number of alkyl halides is 6. The second-order valence-electron chi connectivity index (χ2n) is 14.6. The molecule has 0 unspecified atom stereocenters. The van der Waals surface area contributed by atoms with Crippen LogP contribution in [0, 0.1) is 13.8 Å². The van der Waals surface area contributed by atoms with E-state index in [1.54, 1.807) is 57.4 Å². The standard InChI is InChI=1S/C18H19BrF3N5.C18H20F3N5/c1-11-16(26(2)25-24-11)12-7-14-15(23-8-12)13(19)9-27(14)10-17(20)3-5-18(21,22)6-4-17;1-12-16(25(2)24-23-12)13-9-15-14(22-10-13)3-8-26(15)11-17(19)4-6-18(20,21)7-5-17/h7-9H,3-6,10H2,1-2H3;3,8-10H,4-7,11H2,1-2H3. The topological polar surface area (TPSA) is 97.1 Å². The molecule has 17 heteroatoms. The van der Waals surface area contributed by atoms with Crippen molar-refractivity contribution in [3.05, 3.63) is 58.8 Å². The molecule has 2 fully saturated rings. The molecule has 0 saturated heterocycles. The second kappa shape index (κ2) is 13.5. The van der Waals surface area contributed by atoms with Crippen molar-refractivity contribution in [2.24, 2.45) is 14.1 Å². The highest BCUT2D eigenvalue weighted by Gasteiger charge is 2.45. The van der Waals surface area contributed by atoms with Crippen LogP contribution in [0.25, 0.3) is 44.6 Å². The van der Waals surface area contributed by atoms with Crippen LogP contribution < -0.4 is 0 Å². The van der Waals surface area contributed by atoms with Crippen LogP contribution in [-0.2, 0) is 27.2 Å². The quantitative estimate of drug-likeness (QED) is 0.156. The lowest BCUT2D eigenvalue weighted by atomic mass is 9.84. The van der Waals surface area contributed by atoms with Crippen molar-refractivity contribution in [1.82, 2.24) is 49.1 Å². The maximum absolute atomic E-state index is 15.2. The molecule has 0 aromatic carbocycles. The molecule has 0 bridgehead atoms. The van der Waals surface area contributed by atoms with E-state index in [-0.39, 0.29) is 38.8 Å². The van der Waals surface area contributed by atoms with Crippen molar-refractivity contribution in [2.75, 3.05) is 0 Å². The highest BCUT2D eigenvalue weighted by atomic mass is 79.9. The predicted octanol–water partition coefficient (Wildman–Crippen LogP) is 8.88. The Hall–Kier alpha value is -4.28. The average molecular weight is 806 g/mol. The van der Waals surface area contributed by atoms with Crippen LogP contribution in [0.5, 0.6) is 0 Å². The van der Waals surface area contributed by atoms with Gasteiger partial charge in [0.25, 0.3) is 0 Å². The molecule has 0 amide bonds. The number of fused-ring (bicyclic) bond motifs is 2. The summed E-state index contributed by atoms with van der Waals surface area (Å²) in [5, 5.41) is 16.1. The Morgan fingerprint density at radius 2 is 1.13 bits per heavy atom. The third kappa shape index (κ3) is 7.58. The summed E-state index contributed by atoms with van der Waals surface area (Å²) in [5.74, 6) is -5.50. The summed E-state index contributed by atoms with van der Waals surface area (Å²) in [6, 6.07) is 5.66. The highest BCUT2D eigenvalue weighted by Crippen LogP contribution is 2.43. The zero-order valence-electron chi connectivity index (χ0n) is 29.7. The number of aryl methyl sites for hydroxylation is 4. The van der Waals surface area contributed by atoms with Gasteiger partial charge >= 0.3 is 0 Å². The Morgan fingerprint density at radius 3 is 1.62 bits per heavy atom. The van der Waals surface area contributed by atoms with Crippen LogP contribution in [0.4, 0.5) is 26.3 Å². The third-order valence-corrected chi connectivity index (χ3v) is 11.1. The molecular formula is C36H39BrF6N10. The van der Waals surface area contributed by atoms with Crippen molar-refractivity contribution in [3.8, 4) is 22.5 Å². The smallest absolute Gasteiger partial charge is 0.248 e. The van der Waals surface area contributed by atoms with E-state index in [1.807, 2.05) is 32.0 Å². The van der Waals surface area contributed by atoms with Crippen molar-refractivity contribution < 1.29 is 26.3 Å². The lowest BCUT2D eigenvalue weighted by molar-refractivity contribution is -0.0793. The van der Waals surface area contributed by atoms with Gasteiger partial charge in [-0.1, -0.05) is 10.4 Å². The van der Waals surface area contributed by atoms with Gasteiger partial charge in [0.2, 0.25) is 11.8 Å². The van der Waals surface area contributed by atoms with Gasteiger partial charge in [-0.2, -0.15) is 0 Å². The van der Waals surface area contributed by atoms with Crippen LogP contribution in [0.2, 0.25) is 0 Å². The van der Waals surface area contributed by atoms with Gasteiger partial charge < -0.3 is 9.13 Å². The number of hydrogen-bond acceptors (Lipinski definition) is 6. The molecule has 282 valence electrons. The lowest BCUT2D eigenvalue weighted by Gasteiger charge is -2.34. The monoisotopic (exact) mass is 804 g/mol. The first-order chi connectivity index (χ1) is 24.9. The molecule has 0 radical (unpaired) electrons. The number of aromatic nitrogens is 10. The molecule has 6 aromatic rings. The second-order valence-corrected chi connectivity index (χ2v) is 15.4. The number of halogens is 7. The van der Waals surface area contributed by atoms with Gasteiger partial charge in [-0.05, 0) is 73.7 Å². The zero-order chi connectivity index (χ0) is 37.9. The molecule has 6 aromatic heterocycles. The first kappa shape index (κ1) is 37.1. The van der Waals surface area contributed by atoms with Gasteiger partial charge in [0, 0.05) is 75.7 Å². The van der Waals surface area contributed by atoms with E-state index in [0.717, 1.165) is 54.9 Å². The minimum atomic E-state index is -2.76. The molecule has 0 aliphatic heterocycles. The molecule has 53 heavy (non-hydrogen) atoms. The first-order valence-electron chi connectivity index (χ1n) is 17.4. The molecule has 8 rings (SSSR count). The van der Waals surface area contributed by atoms with Crippen molar-refractivity contribution in [2.45, 2.75) is 101 Å². The van der Waals surface area contributed by atoms with E-state index in [1.165, 1.54) is 0 Å². The first-order valence-corrected chi connectivity index (χ1v) is 18.2. The Bertz CT molecular complexity index is 2230. The molecule has 0 spiro atoms. The SMILES string of the molecule is Cc1nnn(C)c1-c1cnc2c(Br)cn(CC3(F)CCC(F)(F)CC3)c2c1.Cc1nnn(C)c1-c1cnc2ccn(CC3(F)CCC(F)(F)CC3)c2c1. The largest absolute Gasteiger partial charge is 0.343 e. The molecule has 2 aliphatic rings. The fourth-order valence-electron chi connectivity index (χ4n) is 7.48. The third-order valence-electron chi connectivity index (χ3n) is 10.5. The highest BCUT2D eigenvalue weighted by molar-refractivity contribution is 9.10. The number of rotatable bonds is 6. The van der Waals surface area contributed by atoms with Crippen LogP contribution in [0.1, 0.15) is 62.8 Å². The van der Waals surface area contributed by atoms with Gasteiger partial charge in [-0.15, -0.1) is 10.2 Å². The molecule has 0 atom stereocenters. The minimum absolute atomic E-state index is 0.0267. The maximum Gasteiger partial charge on any atom is 0.248 e. The summed E-state index contributed by atoms with van der Waals surface area (Å²) in [6.45, 7) is 3.81. The molecular weight excluding hydrogens is 766 g/mol. The van der Waals surface area contributed by atoms with E-state index in [0.29, 0.717) is 5.52 Å². The molecule has 2 aliphatic carbocycles. The van der Waals surface area contributed by atoms with Crippen LogP contribution >= 0.6 is 15.9 Å². The summed E-state index contributed by atoms with van der Waals surface area (Å²) in [4.78, 5) is 8.95. The van der Waals surface area contributed by atoms with E-state index in [9.17, 15) is 17.6 Å². The van der Waals surface area contributed by atoms with Gasteiger partial charge in [-0.3, -0.25) is 9.97 Å². The average Bonchev–Trinajstić information content (AvgIpc) is 3.85. The van der Waals surface area contributed by atoms with Gasteiger partial charge in [0.05, 0.1) is 56.9 Å². The van der Waals surface area contributed by atoms with Gasteiger partial charge in [0.15, 0.2) is 0 Å². The Labute approximate surface area is 309 Å². The van der Waals surface area contributed by atoms with Crippen molar-refractivity contribution in [3.63, 3.8) is 0 Å². The Morgan fingerprint density at radius 1 is 0.660 bits per heavy atom. The zero-order valence-corrected chi connectivity index (χ0v) is 31.3. The van der Waals surface area contributed by atoms with E-state index >= 15 is 8.78 Å². The Kier molecular flexibility index (Phi) is 9.46. The van der Waals surface area contributed by atoms with E-state index < -0.39 is 48.9 Å². The van der Waals surface area contributed by atoms with Crippen LogP contribution in [0.3, 0.4) is 0 Å². The molecule has 2 saturated carbocycles. The van der Waals surface area contributed by atoms with Crippen molar-refractivity contribution >= 4 is 38.0 Å². The lowest BCUT2D eigenvalue weighted by Crippen LogP contribution is -2.38. The van der Waals surface area contributed by atoms with Crippen molar-refractivity contribution in [1.29, 1.82) is 0 Å².